The lowest BCUT2D eigenvalue weighted by Gasteiger charge is -2.40. The molecule has 2 aliphatic rings. The number of morpholine rings is 1. The summed E-state index contributed by atoms with van der Waals surface area (Å²) in [7, 11) is 0. The van der Waals surface area contributed by atoms with E-state index >= 15 is 0 Å². The van der Waals surface area contributed by atoms with Crippen LogP contribution in [0.5, 0.6) is 0 Å². The molecule has 18 heavy (non-hydrogen) atoms. The number of nitrogens with zero attached hydrogens (tertiary/aromatic N) is 1. The molecule has 0 radical (unpaired) electrons. The van der Waals surface area contributed by atoms with Gasteiger partial charge in [0.2, 0.25) is 0 Å². The molecule has 1 saturated heterocycles. The number of hydrogen-bond donors (Lipinski definition) is 0. The van der Waals surface area contributed by atoms with E-state index in [9.17, 15) is 4.79 Å². The Bertz CT molecular complexity index is 262. The summed E-state index contributed by atoms with van der Waals surface area (Å²) in [4.78, 5) is 14.1. The predicted octanol–water partition coefficient (Wildman–Crippen LogP) is 2.64. The highest BCUT2D eigenvalue weighted by Gasteiger charge is 2.34. The van der Waals surface area contributed by atoms with Gasteiger partial charge in [-0.1, -0.05) is 25.7 Å². The molecule has 0 aromatic rings. The van der Waals surface area contributed by atoms with Crippen molar-refractivity contribution >= 4 is 6.29 Å². The first-order valence-corrected chi connectivity index (χ1v) is 7.48. The van der Waals surface area contributed by atoms with Crippen molar-refractivity contribution in [2.45, 2.75) is 64.6 Å². The van der Waals surface area contributed by atoms with E-state index in [0.29, 0.717) is 12.2 Å². The van der Waals surface area contributed by atoms with Crippen LogP contribution in [-0.2, 0) is 9.53 Å². The molecule has 3 nitrogen and oxygen atoms in total. The van der Waals surface area contributed by atoms with Gasteiger partial charge in [-0.05, 0) is 26.7 Å². The Morgan fingerprint density at radius 2 is 1.67 bits per heavy atom. The van der Waals surface area contributed by atoms with Gasteiger partial charge in [-0.25, -0.2) is 0 Å². The van der Waals surface area contributed by atoms with Gasteiger partial charge in [-0.2, -0.15) is 0 Å². The normalized spacial score (nSPS) is 33.9. The van der Waals surface area contributed by atoms with Crippen LogP contribution in [0.2, 0.25) is 0 Å². The molecule has 2 atom stereocenters. The van der Waals surface area contributed by atoms with Crippen LogP contribution < -0.4 is 0 Å². The zero-order valence-electron chi connectivity index (χ0n) is 11.9. The van der Waals surface area contributed by atoms with E-state index in [2.05, 4.69) is 18.7 Å². The van der Waals surface area contributed by atoms with E-state index in [1.165, 1.54) is 32.0 Å². The first-order chi connectivity index (χ1) is 8.63. The van der Waals surface area contributed by atoms with Crippen molar-refractivity contribution in [1.82, 2.24) is 4.90 Å². The van der Waals surface area contributed by atoms with Crippen LogP contribution in [-0.4, -0.2) is 43.0 Å². The minimum absolute atomic E-state index is 0.0761. The van der Waals surface area contributed by atoms with Gasteiger partial charge in [0.1, 0.15) is 6.29 Å². The zero-order chi connectivity index (χ0) is 13.0. The van der Waals surface area contributed by atoms with Crippen LogP contribution in [0.25, 0.3) is 0 Å². The Balaban J connectivity index is 1.97. The van der Waals surface area contributed by atoms with Crippen molar-refractivity contribution in [3.63, 3.8) is 0 Å². The average Bonchev–Trinajstić information content (AvgIpc) is 2.54. The van der Waals surface area contributed by atoms with E-state index in [1.54, 1.807) is 0 Å². The summed E-state index contributed by atoms with van der Waals surface area (Å²) >= 11 is 0. The summed E-state index contributed by atoms with van der Waals surface area (Å²) in [6.07, 6.45) is 9.03. The minimum atomic E-state index is -0.0761. The topological polar surface area (TPSA) is 29.5 Å². The smallest absolute Gasteiger partial charge is 0.127 e. The molecule has 0 spiro atoms. The lowest BCUT2D eigenvalue weighted by atomic mass is 9.81. The van der Waals surface area contributed by atoms with Gasteiger partial charge in [0.25, 0.3) is 0 Å². The molecule has 0 aromatic carbocycles. The molecule has 104 valence electrons. The Morgan fingerprint density at radius 1 is 1.11 bits per heavy atom. The molecule has 2 fully saturated rings. The number of carbonyl (C=O) groups excluding carboxylic acids is 1. The van der Waals surface area contributed by atoms with Gasteiger partial charge in [-0.3, -0.25) is 4.90 Å². The molecular formula is C15H27NO2. The maximum atomic E-state index is 11.6. The third kappa shape index (κ3) is 3.55. The number of ether oxygens (including phenoxy) is 1. The molecular weight excluding hydrogens is 226 g/mol. The minimum Gasteiger partial charge on any atom is -0.373 e. The fraction of sp³-hybridized carbons (Fsp3) is 0.933. The second kappa shape index (κ2) is 6.16. The van der Waals surface area contributed by atoms with Crippen molar-refractivity contribution in [2.24, 2.45) is 5.41 Å². The highest BCUT2D eigenvalue weighted by molar-refractivity contribution is 5.59. The lowest BCUT2D eigenvalue weighted by molar-refractivity contribution is -0.121. The number of rotatable bonds is 3. The molecule has 0 bridgehead atoms. The first kappa shape index (κ1) is 14.0. The summed E-state index contributed by atoms with van der Waals surface area (Å²) in [6.45, 7) is 7.14. The van der Waals surface area contributed by atoms with Gasteiger partial charge >= 0.3 is 0 Å². The van der Waals surface area contributed by atoms with Crippen LogP contribution in [0.4, 0.5) is 0 Å². The van der Waals surface area contributed by atoms with Gasteiger partial charge in [0.15, 0.2) is 0 Å². The van der Waals surface area contributed by atoms with Crippen LogP contribution in [0, 0.1) is 5.41 Å². The summed E-state index contributed by atoms with van der Waals surface area (Å²) in [6, 6.07) is 0. The van der Waals surface area contributed by atoms with Gasteiger partial charge in [0.05, 0.1) is 12.2 Å². The summed E-state index contributed by atoms with van der Waals surface area (Å²) in [5.41, 5.74) is -0.0761. The number of hydrogen-bond acceptors (Lipinski definition) is 3. The Hall–Kier alpha value is -0.410. The Labute approximate surface area is 111 Å². The van der Waals surface area contributed by atoms with Gasteiger partial charge in [-0.15, -0.1) is 0 Å². The van der Waals surface area contributed by atoms with Crippen molar-refractivity contribution in [3.8, 4) is 0 Å². The summed E-state index contributed by atoms with van der Waals surface area (Å²) in [5, 5.41) is 0. The summed E-state index contributed by atoms with van der Waals surface area (Å²) < 4.78 is 5.77. The molecule has 1 aliphatic heterocycles. The van der Waals surface area contributed by atoms with E-state index in [1.807, 2.05) is 0 Å². The second-order valence-electron chi connectivity index (χ2n) is 6.35. The SMILES string of the molecule is CC1CN(CC2(C=O)CCCCCC2)CC(C)O1. The summed E-state index contributed by atoms with van der Waals surface area (Å²) in [5.74, 6) is 0. The molecule has 0 amide bonds. The Morgan fingerprint density at radius 3 is 2.17 bits per heavy atom. The van der Waals surface area contributed by atoms with E-state index < -0.39 is 0 Å². The number of carbonyl (C=O) groups is 1. The first-order valence-electron chi connectivity index (χ1n) is 7.48. The maximum Gasteiger partial charge on any atom is 0.127 e. The lowest BCUT2D eigenvalue weighted by Crippen LogP contribution is -2.50. The molecule has 1 aliphatic carbocycles. The van der Waals surface area contributed by atoms with Crippen molar-refractivity contribution in [2.75, 3.05) is 19.6 Å². The fourth-order valence-corrected chi connectivity index (χ4v) is 3.60. The largest absolute Gasteiger partial charge is 0.373 e. The van der Waals surface area contributed by atoms with Crippen LogP contribution in [0.15, 0.2) is 0 Å². The quantitative estimate of drug-likeness (QED) is 0.572. The van der Waals surface area contributed by atoms with E-state index in [4.69, 9.17) is 4.74 Å². The van der Waals surface area contributed by atoms with Crippen LogP contribution in [0.3, 0.4) is 0 Å². The monoisotopic (exact) mass is 253 g/mol. The molecule has 2 rings (SSSR count). The number of aldehydes is 1. The van der Waals surface area contributed by atoms with Crippen molar-refractivity contribution in [1.29, 1.82) is 0 Å². The van der Waals surface area contributed by atoms with Gasteiger partial charge in [0, 0.05) is 25.0 Å². The molecule has 1 saturated carbocycles. The maximum absolute atomic E-state index is 11.6. The second-order valence-corrected chi connectivity index (χ2v) is 6.35. The van der Waals surface area contributed by atoms with Crippen molar-refractivity contribution in [3.05, 3.63) is 0 Å². The highest BCUT2D eigenvalue weighted by Crippen LogP contribution is 2.34. The standard InChI is InChI=1S/C15H27NO2/c1-13-9-16(10-14(2)18-13)11-15(12-17)7-5-3-4-6-8-15/h12-14H,3-11H2,1-2H3. The van der Waals surface area contributed by atoms with Crippen molar-refractivity contribution < 1.29 is 9.53 Å². The third-order valence-corrected chi connectivity index (χ3v) is 4.38. The van der Waals surface area contributed by atoms with Gasteiger partial charge < -0.3 is 9.53 Å². The average molecular weight is 253 g/mol. The van der Waals surface area contributed by atoms with E-state index in [-0.39, 0.29) is 5.41 Å². The Kier molecular flexibility index (Phi) is 4.79. The predicted molar refractivity (Wildman–Crippen MR) is 72.6 cm³/mol. The molecule has 1 heterocycles. The van der Waals surface area contributed by atoms with Crippen LogP contribution >= 0.6 is 0 Å². The zero-order valence-corrected chi connectivity index (χ0v) is 11.9. The molecule has 0 aromatic heterocycles. The van der Waals surface area contributed by atoms with E-state index in [0.717, 1.165) is 32.5 Å². The molecule has 2 unspecified atom stereocenters. The fourth-order valence-electron chi connectivity index (χ4n) is 3.60. The molecule has 0 N–H and O–H groups in total. The molecule has 3 heteroatoms. The third-order valence-electron chi connectivity index (χ3n) is 4.38. The van der Waals surface area contributed by atoms with Crippen LogP contribution in [0.1, 0.15) is 52.4 Å². The highest BCUT2D eigenvalue weighted by atomic mass is 16.5.